The summed E-state index contributed by atoms with van der Waals surface area (Å²) in [6.45, 7) is 2.78. The minimum Gasteiger partial charge on any atom is -0.343 e. The molecule has 2 aromatic heterocycles. The number of nitrogens with zero attached hydrogens (tertiary/aromatic N) is 5. The molecule has 0 aliphatic carbocycles. The van der Waals surface area contributed by atoms with Gasteiger partial charge in [-0.15, -0.1) is 0 Å². The van der Waals surface area contributed by atoms with E-state index in [1.807, 2.05) is 13.0 Å². The van der Waals surface area contributed by atoms with Crippen molar-refractivity contribution in [1.29, 1.82) is 0 Å². The fraction of sp³-hybridized carbons (Fsp3) is 0.500. The van der Waals surface area contributed by atoms with Crippen LogP contribution in [-0.2, 0) is 10.2 Å². The first-order valence-electron chi connectivity index (χ1n) is 7.41. The summed E-state index contributed by atoms with van der Waals surface area (Å²) in [6, 6.07) is 1.89. The van der Waals surface area contributed by atoms with Gasteiger partial charge in [0.05, 0.1) is 0 Å². The van der Waals surface area contributed by atoms with Gasteiger partial charge in [0, 0.05) is 51.2 Å². The van der Waals surface area contributed by atoms with Crippen molar-refractivity contribution in [1.82, 2.24) is 28.5 Å². The molecule has 3 rings (SSSR count). The maximum absolute atomic E-state index is 12.2. The molecule has 23 heavy (non-hydrogen) atoms. The molecule has 8 nitrogen and oxygen atoms in total. The van der Waals surface area contributed by atoms with Crippen molar-refractivity contribution in [3.8, 4) is 11.5 Å². The van der Waals surface area contributed by atoms with Crippen LogP contribution in [0.15, 0.2) is 18.5 Å². The molecule has 1 saturated heterocycles. The van der Waals surface area contributed by atoms with Crippen LogP contribution in [0.5, 0.6) is 0 Å². The highest BCUT2D eigenvalue weighted by Gasteiger charge is 2.34. The topological polar surface area (TPSA) is 95.1 Å². The minimum absolute atomic E-state index is 0.0696. The largest absolute Gasteiger partial charge is 0.343 e. The normalized spacial score (nSPS) is 19.6. The second kappa shape index (κ2) is 5.99. The highest BCUT2D eigenvalue weighted by molar-refractivity contribution is 7.86. The van der Waals surface area contributed by atoms with Crippen LogP contribution in [0.1, 0.15) is 23.9 Å². The molecule has 3 heterocycles. The maximum atomic E-state index is 12.2. The quantitative estimate of drug-likeness (QED) is 0.890. The Balaban J connectivity index is 1.86. The average molecular weight is 336 g/mol. The van der Waals surface area contributed by atoms with Gasteiger partial charge in [-0.1, -0.05) is 0 Å². The second-order valence-electron chi connectivity index (χ2n) is 5.80. The zero-order valence-electron chi connectivity index (χ0n) is 13.4. The van der Waals surface area contributed by atoms with Crippen molar-refractivity contribution in [2.45, 2.75) is 19.3 Å². The fourth-order valence-corrected chi connectivity index (χ4v) is 3.90. The Hall–Kier alpha value is -1.84. The lowest BCUT2D eigenvalue weighted by Gasteiger charge is -2.20. The van der Waals surface area contributed by atoms with Crippen molar-refractivity contribution < 1.29 is 8.42 Å². The minimum atomic E-state index is -3.38. The van der Waals surface area contributed by atoms with E-state index in [1.54, 1.807) is 26.5 Å². The lowest BCUT2D eigenvalue weighted by molar-refractivity contribution is 0.418. The molecule has 0 saturated carbocycles. The molecule has 1 aliphatic heterocycles. The molecule has 9 heteroatoms. The van der Waals surface area contributed by atoms with Gasteiger partial charge in [-0.25, -0.2) is 15.0 Å². The van der Waals surface area contributed by atoms with Gasteiger partial charge in [-0.2, -0.15) is 17.0 Å². The van der Waals surface area contributed by atoms with Crippen LogP contribution in [0, 0.1) is 6.92 Å². The predicted octanol–water partition coefficient (Wildman–Crippen LogP) is 0.771. The van der Waals surface area contributed by atoms with Crippen molar-refractivity contribution in [2.75, 3.05) is 27.2 Å². The Morgan fingerprint density at radius 2 is 2.13 bits per heavy atom. The Morgan fingerprint density at radius 3 is 2.78 bits per heavy atom. The molecule has 0 radical (unpaired) electrons. The van der Waals surface area contributed by atoms with E-state index in [1.165, 1.54) is 8.61 Å². The standard InChI is InChI=1S/C14H20N6O2S/c1-10-17-12(8-13(18-10)14-15-5-6-16-14)11-4-7-20(9-11)23(21,22)19(2)3/h5-6,8,11H,4,7,9H2,1-3H3,(H,15,16)/t11-/m1/s1. The SMILES string of the molecule is Cc1nc(-c2ncc[nH]2)cc([C@@H]2CCN(S(=O)(=O)N(C)C)C2)n1. The number of hydrogen-bond donors (Lipinski definition) is 1. The van der Waals surface area contributed by atoms with E-state index >= 15 is 0 Å². The summed E-state index contributed by atoms with van der Waals surface area (Å²) < 4.78 is 27.2. The van der Waals surface area contributed by atoms with Crippen LogP contribution in [0.3, 0.4) is 0 Å². The van der Waals surface area contributed by atoms with Crippen molar-refractivity contribution in [3.05, 3.63) is 30.0 Å². The Labute approximate surface area is 135 Å². The third kappa shape index (κ3) is 3.12. The second-order valence-corrected chi connectivity index (χ2v) is 7.94. The van der Waals surface area contributed by atoms with E-state index in [0.29, 0.717) is 24.7 Å². The lowest BCUT2D eigenvalue weighted by atomic mass is 10.0. The van der Waals surface area contributed by atoms with Gasteiger partial charge >= 0.3 is 0 Å². The molecule has 0 amide bonds. The Kier molecular flexibility index (Phi) is 4.17. The van der Waals surface area contributed by atoms with Crippen LogP contribution in [0.25, 0.3) is 11.5 Å². The van der Waals surface area contributed by atoms with E-state index in [0.717, 1.165) is 17.8 Å². The van der Waals surface area contributed by atoms with Crippen molar-refractivity contribution >= 4 is 10.2 Å². The number of nitrogens with one attached hydrogen (secondary N) is 1. The third-order valence-electron chi connectivity index (χ3n) is 3.96. The summed E-state index contributed by atoms with van der Waals surface area (Å²) in [4.78, 5) is 16.1. The number of aromatic amines is 1. The van der Waals surface area contributed by atoms with Gasteiger partial charge in [-0.3, -0.25) is 0 Å². The summed E-state index contributed by atoms with van der Waals surface area (Å²) in [5.41, 5.74) is 1.59. The monoisotopic (exact) mass is 336 g/mol. The van der Waals surface area contributed by atoms with Crippen LogP contribution >= 0.6 is 0 Å². The van der Waals surface area contributed by atoms with E-state index in [2.05, 4.69) is 19.9 Å². The van der Waals surface area contributed by atoms with Crippen molar-refractivity contribution in [3.63, 3.8) is 0 Å². The smallest absolute Gasteiger partial charge is 0.281 e. The molecule has 2 aromatic rings. The molecular weight excluding hydrogens is 316 g/mol. The van der Waals surface area contributed by atoms with Gasteiger partial charge in [0.1, 0.15) is 11.5 Å². The van der Waals surface area contributed by atoms with Crippen LogP contribution in [0.2, 0.25) is 0 Å². The molecule has 1 fully saturated rings. The molecule has 0 unspecified atom stereocenters. The Morgan fingerprint density at radius 1 is 1.35 bits per heavy atom. The van der Waals surface area contributed by atoms with Gasteiger partial charge in [0.15, 0.2) is 5.82 Å². The summed E-state index contributed by atoms with van der Waals surface area (Å²) in [5, 5.41) is 0. The number of aromatic nitrogens is 4. The first kappa shape index (κ1) is 16.0. The lowest BCUT2D eigenvalue weighted by Crippen LogP contribution is -2.38. The Bertz CT molecular complexity index is 788. The molecule has 0 aromatic carbocycles. The first-order chi connectivity index (χ1) is 10.9. The number of H-pyrrole nitrogens is 1. The zero-order chi connectivity index (χ0) is 16.6. The van der Waals surface area contributed by atoms with Gasteiger partial charge in [-0.05, 0) is 19.4 Å². The van der Waals surface area contributed by atoms with E-state index in [9.17, 15) is 8.42 Å². The fourth-order valence-electron chi connectivity index (χ4n) is 2.74. The van der Waals surface area contributed by atoms with Crippen LogP contribution < -0.4 is 0 Å². The highest BCUT2D eigenvalue weighted by atomic mass is 32.2. The van der Waals surface area contributed by atoms with Gasteiger partial charge in [0.25, 0.3) is 10.2 Å². The average Bonchev–Trinajstić information content (AvgIpc) is 3.18. The van der Waals surface area contributed by atoms with Gasteiger partial charge in [0.2, 0.25) is 0 Å². The van der Waals surface area contributed by atoms with Crippen LogP contribution in [0.4, 0.5) is 0 Å². The summed E-state index contributed by atoms with van der Waals surface area (Å²) in [5.74, 6) is 1.41. The molecule has 0 bridgehead atoms. The van der Waals surface area contributed by atoms with E-state index in [4.69, 9.17) is 0 Å². The zero-order valence-corrected chi connectivity index (χ0v) is 14.2. The van der Waals surface area contributed by atoms with Crippen molar-refractivity contribution in [2.24, 2.45) is 0 Å². The molecular formula is C14H20N6O2S. The number of aryl methyl sites for hydroxylation is 1. The third-order valence-corrected chi connectivity index (χ3v) is 5.86. The number of hydrogen-bond acceptors (Lipinski definition) is 5. The molecule has 124 valence electrons. The number of imidazole rings is 1. The predicted molar refractivity (Wildman–Crippen MR) is 85.9 cm³/mol. The van der Waals surface area contributed by atoms with Crippen LogP contribution in [-0.4, -0.2) is 64.1 Å². The molecule has 1 aliphatic rings. The summed E-state index contributed by atoms with van der Waals surface area (Å²) >= 11 is 0. The highest BCUT2D eigenvalue weighted by Crippen LogP contribution is 2.29. The summed E-state index contributed by atoms with van der Waals surface area (Å²) in [7, 11) is -0.280. The summed E-state index contributed by atoms with van der Waals surface area (Å²) in [6.07, 6.45) is 4.17. The molecule has 1 N–H and O–H groups in total. The number of rotatable bonds is 4. The molecule has 0 spiro atoms. The van der Waals surface area contributed by atoms with Gasteiger partial charge < -0.3 is 4.98 Å². The molecule has 1 atom stereocenters. The maximum Gasteiger partial charge on any atom is 0.281 e. The van der Waals surface area contributed by atoms with E-state index < -0.39 is 10.2 Å². The first-order valence-corrected chi connectivity index (χ1v) is 8.80. The van der Waals surface area contributed by atoms with E-state index in [-0.39, 0.29) is 5.92 Å².